The first-order chi connectivity index (χ1) is 9.63. The van der Waals surface area contributed by atoms with E-state index in [9.17, 15) is 9.59 Å². The monoisotopic (exact) mass is 280 g/mol. The van der Waals surface area contributed by atoms with Crippen LogP contribution in [0, 0.1) is 0 Å². The molecule has 1 aromatic heterocycles. The van der Waals surface area contributed by atoms with Crippen LogP contribution in [0.25, 0.3) is 0 Å². The standard InChI is InChI=1S/C14H20N2O4/c1-3-20-12(18)10-9-15-13(16-11(10)17)14(19-2)7-5-4-6-8-14/h9H,3-8H2,1-2H3,(H,15,16,17). The van der Waals surface area contributed by atoms with Gasteiger partial charge in [-0.05, 0) is 19.8 Å². The van der Waals surface area contributed by atoms with Gasteiger partial charge in [-0.25, -0.2) is 9.78 Å². The number of aromatic nitrogens is 2. The Morgan fingerprint density at radius 3 is 2.65 bits per heavy atom. The number of nitrogens with zero attached hydrogens (tertiary/aromatic N) is 1. The minimum absolute atomic E-state index is 0.0716. The molecule has 1 aromatic rings. The Morgan fingerprint density at radius 1 is 1.40 bits per heavy atom. The van der Waals surface area contributed by atoms with E-state index in [0.29, 0.717) is 5.82 Å². The Balaban J connectivity index is 2.32. The molecule has 2 rings (SSSR count). The van der Waals surface area contributed by atoms with Crippen LogP contribution in [-0.2, 0) is 15.1 Å². The van der Waals surface area contributed by atoms with Crippen LogP contribution >= 0.6 is 0 Å². The van der Waals surface area contributed by atoms with Crippen molar-refractivity contribution < 1.29 is 14.3 Å². The van der Waals surface area contributed by atoms with Crippen molar-refractivity contribution in [3.63, 3.8) is 0 Å². The third-order valence-electron chi connectivity index (χ3n) is 3.78. The number of H-pyrrole nitrogens is 1. The lowest BCUT2D eigenvalue weighted by Crippen LogP contribution is -2.36. The van der Waals surface area contributed by atoms with Crippen LogP contribution in [0.4, 0.5) is 0 Å². The maximum Gasteiger partial charge on any atom is 0.345 e. The van der Waals surface area contributed by atoms with E-state index >= 15 is 0 Å². The fourth-order valence-corrected chi connectivity index (χ4v) is 2.64. The van der Waals surface area contributed by atoms with Crippen LogP contribution in [0.2, 0.25) is 0 Å². The number of ether oxygens (including phenoxy) is 2. The number of nitrogens with one attached hydrogen (secondary N) is 1. The van der Waals surface area contributed by atoms with Crippen molar-refractivity contribution in [2.45, 2.75) is 44.6 Å². The van der Waals surface area contributed by atoms with Crippen molar-refractivity contribution in [3.05, 3.63) is 27.9 Å². The number of hydrogen-bond donors (Lipinski definition) is 1. The zero-order valence-corrected chi connectivity index (χ0v) is 11.9. The molecule has 110 valence electrons. The lowest BCUT2D eigenvalue weighted by Gasteiger charge is -2.34. The van der Waals surface area contributed by atoms with Crippen molar-refractivity contribution in [3.8, 4) is 0 Å². The largest absolute Gasteiger partial charge is 0.462 e. The van der Waals surface area contributed by atoms with E-state index in [1.165, 1.54) is 6.20 Å². The second-order valence-electron chi connectivity index (χ2n) is 4.95. The van der Waals surface area contributed by atoms with Gasteiger partial charge in [-0.1, -0.05) is 19.3 Å². The van der Waals surface area contributed by atoms with Crippen LogP contribution in [0.5, 0.6) is 0 Å². The Bertz CT molecular complexity index is 532. The molecule has 1 heterocycles. The molecular formula is C14H20N2O4. The summed E-state index contributed by atoms with van der Waals surface area (Å²) in [5.41, 5.74) is -1.09. The summed E-state index contributed by atoms with van der Waals surface area (Å²) in [5, 5.41) is 0. The van der Waals surface area contributed by atoms with Gasteiger partial charge in [0.25, 0.3) is 5.56 Å². The molecular weight excluding hydrogens is 260 g/mol. The zero-order chi connectivity index (χ0) is 14.6. The highest BCUT2D eigenvalue weighted by Crippen LogP contribution is 2.37. The van der Waals surface area contributed by atoms with Gasteiger partial charge in [0.1, 0.15) is 17.0 Å². The molecule has 0 aliphatic heterocycles. The van der Waals surface area contributed by atoms with Crippen molar-refractivity contribution in [2.24, 2.45) is 0 Å². The summed E-state index contributed by atoms with van der Waals surface area (Å²) in [6, 6.07) is 0. The highest BCUT2D eigenvalue weighted by atomic mass is 16.5. The van der Waals surface area contributed by atoms with Crippen LogP contribution in [0.1, 0.15) is 55.2 Å². The van der Waals surface area contributed by atoms with Gasteiger partial charge in [0.05, 0.1) is 6.61 Å². The molecule has 0 amide bonds. The van der Waals surface area contributed by atoms with Crippen LogP contribution in [-0.4, -0.2) is 29.7 Å². The van der Waals surface area contributed by atoms with E-state index in [1.807, 2.05) is 0 Å². The maximum absolute atomic E-state index is 12.0. The van der Waals surface area contributed by atoms with Crippen LogP contribution in [0.3, 0.4) is 0 Å². The first-order valence-corrected chi connectivity index (χ1v) is 6.95. The van der Waals surface area contributed by atoms with Gasteiger partial charge in [0.2, 0.25) is 0 Å². The topological polar surface area (TPSA) is 81.3 Å². The van der Waals surface area contributed by atoms with Gasteiger partial charge in [-0.15, -0.1) is 0 Å². The molecule has 0 saturated heterocycles. The summed E-state index contributed by atoms with van der Waals surface area (Å²) in [4.78, 5) is 30.5. The molecule has 1 N–H and O–H groups in total. The number of hydrogen-bond acceptors (Lipinski definition) is 5. The van der Waals surface area contributed by atoms with Gasteiger partial charge < -0.3 is 14.5 Å². The molecule has 0 unspecified atom stereocenters. The predicted octanol–water partition coefficient (Wildman–Crippen LogP) is 1.75. The summed E-state index contributed by atoms with van der Waals surface area (Å²) >= 11 is 0. The minimum Gasteiger partial charge on any atom is -0.462 e. The summed E-state index contributed by atoms with van der Waals surface area (Å²) in [7, 11) is 1.63. The molecule has 0 aromatic carbocycles. The van der Waals surface area contributed by atoms with E-state index in [0.717, 1.165) is 32.1 Å². The van der Waals surface area contributed by atoms with E-state index in [4.69, 9.17) is 9.47 Å². The Kier molecular flexibility index (Phi) is 4.54. The molecule has 0 spiro atoms. The lowest BCUT2D eigenvalue weighted by molar-refractivity contribution is -0.0517. The SMILES string of the molecule is CCOC(=O)c1cnc(C2(OC)CCCCC2)[nH]c1=O. The van der Waals surface area contributed by atoms with Gasteiger partial charge in [0.15, 0.2) is 0 Å². The summed E-state index contributed by atoms with van der Waals surface area (Å²) < 4.78 is 10.4. The van der Waals surface area contributed by atoms with Crippen LogP contribution in [0.15, 0.2) is 11.0 Å². The number of esters is 1. The minimum atomic E-state index is -0.650. The second-order valence-corrected chi connectivity index (χ2v) is 4.95. The number of carbonyl (C=O) groups is 1. The van der Waals surface area contributed by atoms with E-state index in [2.05, 4.69) is 9.97 Å². The van der Waals surface area contributed by atoms with Crippen molar-refractivity contribution in [1.82, 2.24) is 9.97 Å². The number of methoxy groups -OCH3 is 1. The molecule has 1 saturated carbocycles. The van der Waals surface area contributed by atoms with E-state index in [-0.39, 0.29) is 12.2 Å². The van der Waals surface area contributed by atoms with Gasteiger partial charge in [-0.3, -0.25) is 4.79 Å². The Morgan fingerprint density at radius 2 is 2.10 bits per heavy atom. The molecule has 6 heteroatoms. The fourth-order valence-electron chi connectivity index (χ4n) is 2.64. The number of carbonyl (C=O) groups excluding carboxylic acids is 1. The lowest BCUT2D eigenvalue weighted by atomic mass is 9.84. The fraction of sp³-hybridized carbons (Fsp3) is 0.643. The molecule has 0 radical (unpaired) electrons. The smallest absolute Gasteiger partial charge is 0.345 e. The molecule has 0 atom stereocenters. The number of rotatable bonds is 4. The van der Waals surface area contributed by atoms with Crippen molar-refractivity contribution in [2.75, 3.05) is 13.7 Å². The Hall–Kier alpha value is -1.69. The van der Waals surface area contributed by atoms with Crippen LogP contribution < -0.4 is 5.56 Å². The zero-order valence-electron chi connectivity index (χ0n) is 11.9. The normalized spacial score (nSPS) is 17.7. The molecule has 1 aliphatic rings. The summed E-state index contributed by atoms with van der Waals surface area (Å²) in [6.07, 6.45) is 6.17. The van der Waals surface area contributed by atoms with Gasteiger partial charge in [0, 0.05) is 13.3 Å². The van der Waals surface area contributed by atoms with E-state index in [1.54, 1.807) is 14.0 Å². The van der Waals surface area contributed by atoms with Crippen molar-refractivity contribution in [1.29, 1.82) is 0 Å². The third-order valence-corrected chi connectivity index (χ3v) is 3.78. The first-order valence-electron chi connectivity index (χ1n) is 6.95. The van der Waals surface area contributed by atoms with Crippen molar-refractivity contribution >= 4 is 5.97 Å². The highest BCUT2D eigenvalue weighted by molar-refractivity contribution is 5.88. The quantitative estimate of drug-likeness (QED) is 0.850. The molecule has 1 aliphatic carbocycles. The average molecular weight is 280 g/mol. The summed E-state index contributed by atoms with van der Waals surface area (Å²) in [6.45, 7) is 1.91. The maximum atomic E-state index is 12.0. The molecule has 6 nitrogen and oxygen atoms in total. The Labute approximate surface area is 117 Å². The highest BCUT2D eigenvalue weighted by Gasteiger charge is 2.36. The second kappa shape index (κ2) is 6.17. The average Bonchev–Trinajstić information content (AvgIpc) is 2.48. The first kappa shape index (κ1) is 14.7. The molecule has 20 heavy (non-hydrogen) atoms. The van der Waals surface area contributed by atoms with E-state index < -0.39 is 17.1 Å². The van der Waals surface area contributed by atoms with Gasteiger partial charge >= 0.3 is 5.97 Å². The molecule has 1 fully saturated rings. The summed E-state index contributed by atoms with van der Waals surface area (Å²) in [5.74, 6) is -0.152. The molecule has 0 bridgehead atoms. The third kappa shape index (κ3) is 2.75. The number of aromatic amines is 1. The van der Waals surface area contributed by atoms with Gasteiger partial charge in [-0.2, -0.15) is 0 Å². The predicted molar refractivity (Wildman–Crippen MR) is 72.6 cm³/mol.